The van der Waals surface area contributed by atoms with Crippen LogP contribution in [0.1, 0.15) is 17.1 Å². The molecule has 18 heavy (non-hydrogen) atoms. The number of thiophene rings is 1. The van der Waals surface area contributed by atoms with Crippen LogP contribution in [0.4, 0.5) is 10.8 Å². The summed E-state index contributed by atoms with van der Waals surface area (Å²) in [5, 5.41) is 9.90. The number of hydrogen-bond donors (Lipinski definition) is 2. The van der Waals surface area contributed by atoms with E-state index in [1.165, 1.54) is 11.3 Å². The average Bonchev–Trinajstić information content (AvgIpc) is 2.74. The van der Waals surface area contributed by atoms with Gasteiger partial charge in [0.25, 0.3) is 0 Å². The van der Waals surface area contributed by atoms with Gasteiger partial charge in [0.05, 0.1) is 10.7 Å². The van der Waals surface area contributed by atoms with Crippen LogP contribution in [0.3, 0.4) is 0 Å². The molecule has 3 heterocycles. The highest BCUT2D eigenvalue weighted by Crippen LogP contribution is 2.29. The lowest BCUT2D eigenvalue weighted by atomic mass is 10.1. The maximum atomic E-state index is 4.52. The van der Waals surface area contributed by atoms with Crippen LogP contribution in [-0.4, -0.2) is 16.5 Å². The van der Waals surface area contributed by atoms with Crippen molar-refractivity contribution in [3.8, 4) is 0 Å². The highest BCUT2D eigenvalue weighted by molar-refractivity contribution is 9.10. The van der Waals surface area contributed by atoms with Gasteiger partial charge in [-0.1, -0.05) is 0 Å². The van der Waals surface area contributed by atoms with Gasteiger partial charge in [0, 0.05) is 34.9 Å². The molecule has 94 valence electrons. The number of anilines is 2. The molecule has 0 saturated carbocycles. The standard InChI is InChI=1S/C12H13BrN4S/c1-7-15-10-2-3-14-5-9(10)12(16-7)17-11-4-8(13)6-18-11/h4,6,14H,2-3,5H2,1H3,(H,15,16,17). The van der Waals surface area contributed by atoms with Crippen molar-refractivity contribution in [1.82, 2.24) is 15.3 Å². The van der Waals surface area contributed by atoms with Crippen LogP contribution in [0.5, 0.6) is 0 Å². The summed E-state index contributed by atoms with van der Waals surface area (Å²) in [5.74, 6) is 1.76. The van der Waals surface area contributed by atoms with Gasteiger partial charge in [-0.05, 0) is 28.9 Å². The zero-order chi connectivity index (χ0) is 12.5. The summed E-state index contributed by atoms with van der Waals surface area (Å²) in [6.45, 7) is 3.77. The van der Waals surface area contributed by atoms with Gasteiger partial charge in [0.15, 0.2) is 0 Å². The molecular formula is C12H13BrN4S. The molecule has 0 saturated heterocycles. The molecule has 0 bridgehead atoms. The Morgan fingerprint density at radius 1 is 1.44 bits per heavy atom. The van der Waals surface area contributed by atoms with E-state index >= 15 is 0 Å². The largest absolute Gasteiger partial charge is 0.332 e. The SMILES string of the molecule is Cc1nc2c(c(Nc3cc(Br)cs3)n1)CNCC2. The van der Waals surface area contributed by atoms with Crippen molar-refractivity contribution in [2.24, 2.45) is 0 Å². The molecule has 3 rings (SSSR count). The minimum Gasteiger partial charge on any atom is -0.332 e. The first-order chi connectivity index (χ1) is 8.72. The van der Waals surface area contributed by atoms with Crippen molar-refractivity contribution in [3.63, 3.8) is 0 Å². The van der Waals surface area contributed by atoms with Gasteiger partial charge in [-0.3, -0.25) is 0 Å². The summed E-state index contributed by atoms with van der Waals surface area (Å²) in [5.41, 5.74) is 2.36. The first kappa shape index (κ1) is 12.1. The average molecular weight is 325 g/mol. The van der Waals surface area contributed by atoms with E-state index in [2.05, 4.69) is 48.0 Å². The lowest BCUT2D eigenvalue weighted by Crippen LogP contribution is -2.26. The lowest BCUT2D eigenvalue weighted by molar-refractivity contribution is 0.625. The van der Waals surface area contributed by atoms with Crippen LogP contribution in [-0.2, 0) is 13.0 Å². The van der Waals surface area contributed by atoms with Gasteiger partial charge in [-0.15, -0.1) is 11.3 Å². The van der Waals surface area contributed by atoms with E-state index < -0.39 is 0 Å². The van der Waals surface area contributed by atoms with Crippen molar-refractivity contribution < 1.29 is 0 Å². The molecule has 4 nitrogen and oxygen atoms in total. The topological polar surface area (TPSA) is 49.8 Å². The van der Waals surface area contributed by atoms with Crippen molar-refractivity contribution in [3.05, 3.63) is 33.0 Å². The van der Waals surface area contributed by atoms with Gasteiger partial charge in [-0.25, -0.2) is 9.97 Å². The first-order valence-corrected chi connectivity index (χ1v) is 7.48. The summed E-state index contributed by atoms with van der Waals surface area (Å²) in [4.78, 5) is 9.04. The van der Waals surface area contributed by atoms with Crippen LogP contribution < -0.4 is 10.6 Å². The Bertz CT molecular complexity index is 581. The summed E-state index contributed by atoms with van der Waals surface area (Å²) in [6.07, 6.45) is 0.974. The quantitative estimate of drug-likeness (QED) is 0.891. The van der Waals surface area contributed by atoms with Gasteiger partial charge in [0.1, 0.15) is 11.6 Å². The fourth-order valence-electron chi connectivity index (χ4n) is 2.07. The second-order valence-electron chi connectivity index (χ2n) is 4.23. The van der Waals surface area contributed by atoms with Gasteiger partial charge in [-0.2, -0.15) is 0 Å². The number of hydrogen-bond acceptors (Lipinski definition) is 5. The van der Waals surface area contributed by atoms with E-state index in [9.17, 15) is 0 Å². The van der Waals surface area contributed by atoms with Crippen LogP contribution in [0.25, 0.3) is 0 Å². The fraction of sp³-hybridized carbons (Fsp3) is 0.333. The second kappa shape index (κ2) is 4.95. The van der Waals surface area contributed by atoms with Crippen molar-refractivity contribution in [2.45, 2.75) is 19.9 Å². The number of aryl methyl sites for hydroxylation is 1. The third-order valence-electron chi connectivity index (χ3n) is 2.85. The van der Waals surface area contributed by atoms with E-state index in [1.54, 1.807) is 11.3 Å². The molecule has 0 atom stereocenters. The Kier molecular flexibility index (Phi) is 3.32. The molecule has 0 radical (unpaired) electrons. The predicted octanol–water partition coefficient (Wildman–Crippen LogP) is 3.00. The molecule has 0 fully saturated rings. The molecule has 0 aliphatic carbocycles. The summed E-state index contributed by atoms with van der Waals surface area (Å²) in [7, 11) is 0. The number of halogens is 1. The number of nitrogens with one attached hydrogen (secondary N) is 2. The monoisotopic (exact) mass is 324 g/mol. The highest BCUT2D eigenvalue weighted by atomic mass is 79.9. The minimum absolute atomic E-state index is 0.828. The highest BCUT2D eigenvalue weighted by Gasteiger charge is 2.16. The molecule has 1 aliphatic rings. The van der Waals surface area contributed by atoms with Gasteiger partial charge < -0.3 is 10.6 Å². The lowest BCUT2D eigenvalue weighted by Gasteiger charge is -2.19. The molecular weight excluding hydrogens is 312 g/mol. The molecule has 2 aromatic rings. The molecule has 0 spiro atoms. The Morgan fingerprint density at radius 2 is 2.33 bits per heavy atom. The van der Waals surface area contributed by atoms with E-state index in [1.807, 2.05) is 6.92 Å². The van der Waals surface area contributed by atoms with Crippen molar-refractivity contribution in [1.29, 1.82) is 0 Å². The van der Waals surface area contributed by atoms with Crippen LogP contribution >= 0.6 is 27.3 Å². The number of fused-ring (bicyclic) bond motifs is 1. The predicted molar refractivity (Wildman–Crippen MR) is 77.5 cm³/mol. The first-order valence-electron chi connectivity index (χ1n) is 5.80. The summed E-state index contributed by atoms with van der Waals surface area (Å²) >= 11 is 5.12. The Hall–Kier alpha value is -0.980. The van der Waals surface area contributed by atoms with Crippen LogP contribution in [0.2, 0.25) is 0 Å². The molecule has 0 unspecified atom stereocenters. The van der Waals surface area contributed by atoms with E-state index in [0.29, 0.717) is 0 Å². The maximum Gasteiger partial charge on any atom is 0.139 e. The molecule has 1 aliphatic heterocycles. The second-order valence-corrected chi connectivity index (χ2v) is 6.05. The number of aromatic nitrogens is 2. The van der Waals surface area contributed by atoms with Crippen LogP contribution in [0, 0.1) is 6.92 Å². The van der Waals surface area contributed by atoms with E-state index in [4.69, 9.17) is 0 Å². The van der Waals surface area contributed by atoms with Gasteiger partial charge >= 0.3 is 0 Å². The number of rotatable bonds is 2. The zero-order valence-electron chi connectivity index (χ0n) is 9.96. The number of nitrogens with zero attached hydrogens (tertiary/aromatic N) is 2. The Morgan fingerprint density at radius 3 is 3.11 bits per heavy atom. The minimum atomic E-state index is 0.828. The van der Waals surface area contributed by atoms with Gasteiger partial charge in [0.2, 0.25) is 0 Å². The van der Waals surface area contributed by atoms with E-state index in [-0.39, 0.29) is 0 Å². The smallest absolute Gasteiger partial charge is 0.139 e. The van der Waals surface area contributed by atoms with Crippen molar-refractivity contribution in [2.75, 3.05) is 11.9 Å². The summed E-state index contributed by atoms with van der Waals surface area (Å²) in [6, 6.07) is 2.06. The molecule has 2 aromatic heterocycles. The Labute approximate surface area is 118 Å². The molecule has 0 aromatic carbocycles. The third kappa shape index (κ3) is 2.41. The Balaban J connectivity index is 1.98. The maximum absolute atomic E-state index is 4.52. The van der Waals surface area contributed by atoms with Crippen LogP contribution in [0.15, 0.2) is 15.9 Å². The summed E-state index contributed by atoms with van der Waals surface area (Å²) < 4.78 is 1.09. The van der Waals surface area contributed by atoms with E-state index in [0.717, 1.165) is 40.6 Å². The third-order valence-corrected chi connectivity index (χ3v) is 4.46. The molecule has 2 N–H and O–H groups in total. The molecule has 6 heteroatoms. The normalized spacial score (nSPS) is 14.3. The van der Waals surface area contributed by atoms with Crippen molar-refractivity contribution >= 4 is 38.1 Å². The fourth-order valence-corrected chi connectivity index (χ4v) is 3.38. The molecule has 0 amide bonds. The zero-order valence-corrected chi connectivity index (χ0v) is 12.4.